The number of amides is 1. The van der Waals surface area contributed by atoms with Crippen molar-refractivity contribution in [2.45, 2.75) is 24.8 Å². The van der Waals surface area contributed by atoms with Gasteiger partial charge in [0, 0.05) is 11.8 Å². The summed E-state index contributed by atoms with van der Waals surface area (Å²) >= 11 is 0. The molecule has 2 aromatic carbocycles. The second-order valence-electron chi connectivity index (χ2n) is 5.73. The third-order valence-corrected chi connectivity index (χ3v) is 4.80. The molecule has 0 fully saturated rings. The van der Waals surface area contributed by atoms with Crippen molar-refractivity contribution >= 4 is 21.5 Å². The zero-order valence-electron chi connectivity index (χ0n) is 13.7. The molecule has 1 unspecified atom stereocenters. The Bertz CT molecular complexity index is 853. The van der Waals surface area contributed by atoms with Crippen LogP contribution in [0.3, 0.4) is 0 Å². The molecule has 24 heavy (non-hydrogen) atoms. The van der Waals surface area contributed by atoms with Gasteiger partial charge in [0.2, 0.25) is 5.78 Å². The summed E-state index contributed by atoms with van der Waals surface area (Å²) in [6.07, 6.45) is 1.13. The van der Waals surface area contributed by atoms with Crippen molar-refractivity contribution in [3.63, 3.8) is 0 Å². The molecule has 126 valence electrons. The highest BCUT2D eigenvalue weighted by Gasteiger charge is 2.19. The zero-order chi connectivity index (χ0) is 17.9. The Morgan fingerprint density at radius 2 is 1.50 bits per heavy atom. The van der Waals surface area contributed by atoms with E-state index in [9.17, 15) is 18.0 Å². The van der Waals surface area contributed by atoms with E-state index in [4.69, 9.17) is 0 Å². The molecule has 2 aromatic rings. The van der Waals surface area contributed by atoms with Crippen LogP contribution in [-0.4, -0.2) is 26.4 Å². The fraction of sp³-hybridized carbons (Fsp3) is 0.222. The Labute approximate surface area is 141 Å². The number of hydrogen-bond donors (Lipinski definition) is 1. The van der Waals surface area contributed by atoms with E-state index in [2.05, 4.69) is 5.32 Å². The van der Waals surface area contributed by atoms with E-state index < -0.39 is 27.6 Å². The van der Waals surface area contributed by atoms with Crippen LogP contribution in [0.2, 0.25) is 0 Å². The van der Waals surface area contributed by atoms with Crippen molar-refractivity contribution in [2.24, 2.45) is 0 Å². The smallest absolute Gasteiger partial charge is 0.292 e. The number of carbonyl (C=O) groups is 2. The van der Waals surface area contributed by atoms with Crippen molar-refractivity contribution in [2.75, 3.05) is 6.26 Å². The van der Waals surface area contributed by atoms with Gasteiger partial charge in [-0.2, -0.15) is 0 Å². The minimum Gasteiger partial charge on any atom is -0.343 e. The Kier molecular flexibility index (Phi) is 5.19. The van der Waals surface area contributed by atoms with E-state index in [1.54, 1.807) is 43.3 Å². The van der Waals surface area contributed by atoms with Gasteiger partial charge in [0.25, 0.3) is 5.91 Å². The quantitative estimate of drug-likeness (QED) is 0.667. The topological polar surface area (TPSA) is 80.3 Å². The molecule has 0 spiro atoms. The lowest BCUT2D eigenvalue weighted by atomic mass is 10.1. The van der Waals surface area contributed by atoms with Gasteiger partial charge in [-0.25, -0.2) is 8.42 Å². The molecule has 0 aliphatic rings. The highest BCUT2D eigenvalue weighted by molar-refractivity contribution is 7.90. The van der Waals surface area contributed by atoms with Gasteiger partial charge in [-0.15, -0.1) is 0 Å². The van der Waals surface area contributed by atoms with Crippen LogP contribution in [-0.2, 0) is 14.6 Å². The van der Waals surface area contributed by atoms with Gasteiger partial charge in [0.05, 0.1) is 10.9 Å². The van der Waals surface area contributed by atoms with E-state index in [0.717, 1.165) is 11.8 Å². The average Bonchev–Trinajstić information content (AvgIpc) is 2.54. The number of rotatable bonds is 5. The Hall–Kier alpha value is -2.47. The van der Waals surface area contributed by atoms with E-state index in [1.807, 2.05) is 6.92 Å². The van der Waals surface area contributed by atoms with Crippen molar-refractivity contribution in [3.8, 4) is 0 Å². The van der Waals surface area contributed by atoms with Gasteiger partial charge in [-0.3, -0.25) is 9.59 Å². The lowest BCUT2D eigenvalue weighted by Gasteiger charge is -2.14. The molecule has 1 atom stereocenters. The second-order valence-corrected chi connectivity index (χ2v) is 7.75. The first-order valence-electron chi connectivity index (χ1n) is 7.40. The van der Waals surface area contributed by atoms with Crippen LogP contribution in [0.5, 0.6) is 0 Å². The third-order valence-electron chi connectivity index (χ3n) is 3.68. The van der Waals surface area contributed by atoms with Crippen LogP contribution in [0.4, 0.5) is 0 Å². The maximum atomic E-state index is 12.1. The summed E-state index contributed by atoms with van der Waals surface area (Å²) in [4.78, 5) is 24.4. The van der Waals surface area contributed by atoms with Gasteiger partial charge >= 0.3 is 0 Å². The summed E-state index contributed by atoms with van der Waals surface area (Å²) in [5, 5.41) is 2.63. The zero-order valence-corrected chi connectivity index (χ0v) is 14.6. The summed E-state index contributed by atoms with van der Waals surface area (Å²) in [5.41, 5.74) is 2.05. The van der Waals surface area contributed by atoms with Crippen molar-refractivity contribution in [1.82, 2.24) is 5.32 Å². The van der Waals surface area contributed by atoms with Crippen molar-refractivity contribution in [1.29, 1.82) is 0 Å². The number of aryl methyl sites for hydroxylation is 1. The number of sulfone groups is 1. The molecule has 0 radical (unpaired) electrons. The SMILES string of the molecule is Cc1ccc(C(=O)C(=O)NC(C)c2ccc(S(C)(=O)=O)cc2)cc1. The van der Waals surface area contributed by atoms with Crippen LogP contribution in [0.15, 0.2) is 53.4 Å². The molecular weight excluding hydrogens is 326 g/mol. The number of ketones is 1. The third kappa shape index (κ3) is 4.29. The van der Waals surface area contributed by atoms with Gasteiger partial charge in [-0.05, 0) is 31.5 Å². The van der Waals surface area contributed by atoms with Gasteiger partial charge in [0.1, 0.15) is 0 Å². The highest BCUT2D eigenvalue weighted by atomic mass is 32.2. The van der Waals surface area contributed by atoms with E-state index >= 15 is 0 Å². The van der Waals surface area contributed by atoms with Crippen molar-refractivity contribution < 1.29 is 18.0 Å². The molecule has 0 aliphatic carbocycles. The second kappa shape index (κ2) is 6.97. The molecule has 0 saturated heterocycles. The molecule has 1 amide bonds. The molecule has 6 heteroatoms. The first-order valence-corrected chi connectivity index (χ1v) is 9.29. The molecule has 0 heterocycles. The lowest BCUT2D eigenvalue weighted by Crippen LogP contribution is -2.33. The van der Waals surface area contributed by atoms with Gasteiger partial charge in [0.15, 0.2) is 9.84 Å². The highest BCUT2D eigenvalue weighted by Crippen LogP contribution is 2.16. The minimum absolute atomic E-state index is 0.209. The number of hydrogen-bond acceptors (Lipinski definition) is 4. The molecule has 0 aliphatic heterocycles. The normalized spacial score (nSPS) is 12.5. The van der Waals surface area contributed by atoms with Crippen LogP contribution < -0.4 is 5.32 Å². The summed E-state index contributed by atoms with van der Waals surface area (Å²) in [5.74, 6) is -1.30. The predicted octanol–water partition coefficient (Wildman–Crippen LogP) is 2.46. The summed E-state index contributed by atoms with van der Waals surface area (Å²) in [6.45, 7) is 3.63. The number of Topliss-reactive ketones (excluding diaryl/α,β-unsaturated/α-hetero) is 1. The first kappa shape index (κ1) is 17.9. The largest absolute Gasteiger partial charge is 0.343 e. The van der Waals surface area contributed by atoms with E-state index in [0.29, 0.717) is 11.1 Å². The molecule has 5 nitrogen and oxygen atoms in total. The van der Waals surface area contributed by atoms with E-state index in [-0.39, 0.29) is 4.90 Å². The maximum Gasteiger partial charge on any atom is 0.292 e. The Morgan fingerprint density at radius 3 is 2.00 bits per heavy atom. The Morgan fingerprint density at radius 1 is 0.958 bits per heavy atom. The van der Waals surface area contributed by atoms with Crippen LogP contribution in [0.25, 0.3) is 0 Å². The number of nitrogens with one attached hydrogen (secondary N) is 1. The minimum atomic E-state index is -3.26. The molecule has 1 N–H and O–H groups in total. The molecule has 0 aromatic heterocycles. The molecule has 0 bridgehead atoms. The summed E-state index contributed by atoms with van der Waals surface area (Å²) < 4.78 is 22.9. The Balaban J connectivity index is 2.08. The van der Waals surface area contributed by atoms with Gasteiger partial charge < -0.3 is 5.32 Å². The van der Waals surface area contributed by atoms with E-state index in [1.165, 1.54) is 12.1 Å². The molecule has 0 saturated carbocycles. The molecular formula is C18H19NO4S. The van der Waals surface area contributed by atoms with Crippen LogP contribution in [0, 0.1) is 6.92 Å². The first-order chi connectivity index (χ1) is 11.2. The monoisotopic (exact) mass is 345 g/mol. The average molecular weight is 345 g/mol. The summed E-state index contributed by atoms with van der Waals surface area (Å²) in [7, 11) is -3.26. The fourth-order valence-electron chi connectivity index (χ4n) is 2.19. The van der Waals surface area contributed by atoms with Crippen molar-refractivity contribution in [3.05, 3.63) is 65.2 Å². The number of benzene rings is 2. The lowest BCUT2D eigenvalue weighted by molar-refractivity contribution is -0.117. The molecule has 2 rings (SSSR count). The predicted molar refractivity (Wildman–Crippen MR) is 91.6 cm³/mol. The van der Waals surface area contributed by atoms with Crippen LogP contribution >= 0.6 is 0 Å². The standard InChI is InChI=1S/C18H19NO4S/c1-12-4-6-15(7-5-12)17(20)18(21)19-13(2)14-8-10-16(11-9-14)24(3,22)23/h4-11,13H,1-3H3,(H,19,21). The number of carbonyl (C=O) groups excluding carboxylic acids is 2. The summed E-state index contributed by atoms with van der Waals surface area (Å²) in [6, 6.07) is 12.6. The van der Waals surface area contributed by atoms with Crippen LogP contribution in [0.1, 0.15) is 34.5 Å². The maximum absolute atomic E-state index is 12.1. The fourth-order valence-corrected chi connectivity index (χ4v) is 2.82. The van der Waals surface area contributed by atoms with Gasteiger partial charge in [-0.1, -0.05) is 42.0 Å².